The van der Waals surface area contributed by atoms with Crippen molar-refractivity contribution in [1.29, 1.82) is 0 Å². The molecule has 0 aromatic carbocycles. The van der Waals surface area contributed by atoms with Gasteiger partial charge in [-0.2, -0.15) is 11.8 Å². The average Bonchev–Trinajstić information content (AvgIpc) is 2.46. The molecule has 0 radical (unpaired) electrons. The van der Waals surface area contributed by atoms with Gasteiger partial charge in [-0.3, -0.25) is 4.99 Å². The molecule has 0 amide bonds. The number of amidine groups is 1. The Morgan fingerprint density at radius 3 is 3.21 bits per heavy atom. The van der Waals surface area contributed by atoms with Crippen LogP contribution in [0.5, 0.6) is 0 Å². The molecule has 0 aromatic rings. The van der Waals surface area contributed by atoms with Gasteiger partial charge in [0, 0.05) is 31.0 Å². The smallest absolute Gasteiger partial charge is 0.0963 e. The lowest BCUT2D eigenvalue weighted by molar-refractivity contribution is 0.729. The van der Waals surface area contributed by atoms with Crippen molar-refractivity contribution in [3.05, 3.63) is 12.7 Å². The van der Waals surface area contributed by atoms with Gasteiger partial charge < -0.3 is 5.32 Å². The summed E-state index contributed by atoms with van der Waals surface area (Å²) in [7, 11) is 0. The first-order valence-electron chi connectivity index (χ1n) is 5.39. The number of rotatable bonds is 5. The highest BCUT2D eigenvalue weighted by Crippen LogP contribution is 2.06. The maximum absolute atomic E-state index is 4.52. The Labute approximate surface area is 91.3 Å². The summed E-state index contributed by atoms with van der Waals surface area (Å²) in [5.74, 6) is 3.42. The highest BCUT2D eigenvalue weighted by atomic mass is 32.2. The van der Waals surface area contributed by atoms with Gasteiger partial charge >= 0.3 is 0 Å². The number of nitrogens with one attached hydrogen (secondary N) is 1. The summed E-state index contributed by atoms with van der Waals surface area (Å²) < 4.78 is 0. The Kier molecular flexibility index (Phi) is 6.58. The first-order valence-corrected chi connectivity index (χ1v) is 6.55. The van der Waals surface area contributed by atoms with Crippen LogP contribution in [-0.4, -0.2) is 30.4 Å². The maximum atomic E-state index is 4.52. The number of aliphatic imine (C=N–C) groups is 1. The fraction of sp³-hybridized carbons (Fsp3) is 0.727. The van der Waals surface area contributed by atoms with Crippen molar-refractivity contribution in [3.8, 4) is 0 Å². The predicted molar refractivity (Wildman–Crippen MR) is 66.3 cm³/mol. The highest BCUT2D eigenvalue weighted by molar-refractivity contribution is 7.99. The summed E-state index contributed by atoms with van der Waals surface area (Å²) in [6.45, 7) is 5.75. The quantitative estimate of drug-likeness (QED) is 0.559. The Balaban J connectivity index is 2.04. The first kappa shape index (κ1) is 11.6. The lowest BCUT2D eigenvalue weighted by Gasteiger charge is -2.07. The monoisotopic (exact) mass is 212 g/mol. The second-order valence-corrected chi connectivity index (χ2v) is 4.58. The largest absolute Gasteiger partial charge is 0.373 e. The molecule has 0 aliphatic carbocycles. The topological polar surface area (TPSA) is 24.4 Å². The number of hydrogen-bond acceptors (Lipinski definition) is 3. The third kappa shape index (κ3) is 5.32. The van der Waals surface area contributed by atoms with E-state index in [0.29, 0.717) is 0 Å². The van der Waals surface area contributed by atoms with Crippen LogP contribution in [0.2, 0.25) is 0 Å². The summed E-state index contributed by atoms with van der Waals surface area (Å²) in [5.41, 5.74) is 0. The van der Waals surface area contributed by atoms with Gasteiger partial charge in [0.1, 0.15) is 0 Å². The van der Waals surface area contributed by atoms with Crippen LogP contribution in [0.15, 0.2) is 17.6 Å². The molecule has 0 bridgehead atoms. The Morgan fingerprint density at radius 1 is 1.43 bits per heavy atom. The summed E-state index contributed by atoms with van der Waals surface area (Å²) in [4.78, 5) is 4.52. The zero-order valence-electron chi connectivity index (χ0n) is 8.80. The van der Waals surface area contributed by atoms with Crippen LogP contribution < -0.4 is 5.32 Å². The van der Waals surface area contributed by atoms with Gasteiger partial charge in [0.15, 0.2) is 0 Å². The molecule has 0 saturated carbocycles. The van der Waals surface area contributed by atoms with E-state index in [0.717, 1.165) is 31.0 Å². The maximum Gasteiger partial charge on any atom is 0.0963 e. The average molecular weight is 212 g/mol. The Hall–Kier alpha value is -0.440. The number of thioether (sulfide) groups is 1. The summed E-state index contributed by atoms with van der Waals surface area (Å²) in [6, 6.07) is 0. The molecule has 0 aromatic heterocycles. The van der Waals surface area contributed by atoms with Gasteiger partial charge in [-0.15, -0.1) is 6.58 Å². The molecule has 0 spiro atoms. The van der Waals surface area contributed by atoms with Gasteiger partial charge in [-0.05, 0) is 12.8 Å². The molecule has 3 heteroatoms. The van der Waals surface area contributed by atoms with Crippen molar-refractivity contribution >= 4 is 17.6 Å². The minimum absolute atomic E-state index is 1.02. The van der Waals surface area contributed by atoms with Crippen molar-refractivity contribution in [2.45, 2.75) is 25.7 Å². The van der Waals surface area contributed by atoms with Crippen LogP contribution >= 0.6 is 11.8 Å². The fourth-order valence-electron chi connectivity index (χ4n) is 1.45. The Morgan fingerprint density at radius 2 is 2.36 bits per heavy atom. The highest BCUT2D eigenvalue weighted by Gasteiger charge is 2.02. The predicted octanol–water partition coefficient (Wildman–Crippen LogP) is 2.47. The molecule has 1 heterocycles. The van der Waals surface area contributed by atoms with Crippen LogP contribution in [0.4, 0.5) is 0 Å². The molecule has 0 fully saturated rings. The summed E-state index contributed by atoms with van der Waals surface area (Å²) in [5, 5.41) is 3.42. The third-order valence-electron chi connectivity index (χ3n) is 2.19. The van der Waals surface area contributed by atoms with E-state index in [9.17, 15) is 0 Å². The van der Waals surface area contributed by atoms with E-state index in [1.807, 2.05) is 17.8 Å². The van der Waals surface area contributed by atoms with Crippen LogP contribution in [0, 0.1) is 0 Å². The molecular formula is C11H20N2S. The van der Waals surface area contributed by atoms with Crippen molar-refractivity contribution in [2.75, 3.05) is 24.6 Å². The van der Waals surface area contributed by atoms with E-state index in [4.69, 9.17) is 0 Å². The molecule has 0 saturated heterocycles. The Bertz CT molecular complexity index is 190. The number of nitrogens with zero attached hydrogens (tertiary/aromatic N) is 1. The molecule has 0 unspecified atom stereocenters. The van der Waals surface area contributed by atoms with E-state index in [2.05, 4.69) is 16.9 Å². The first-order chi connectivity index (χ1) is 6.93. The lowest BCUT2D eigenvalue weighted by atomic mass is 10.2. The molecule has 1 aliphatic heterocycles. The van der Waals surface area contributed by atoms with E-state index in [-0.39, 0.29) is 0 Å². The van der Waals surface area contributed by atoms with Gasteiger partial charge in [0.2, 0.25) is 0 Å². The standard InChI is InChI=1S/C11H20N2S/c1-2-9-14-10-8-13-11-6-4-3-5-7-12-11/h2H,1,3-10H2,(H,12,13). The zero-order valence-corrected chi connectivity index (χ0v) is 9.61. The molecule has 1 rings (SSSR count). The molecule has 1 N–H and O–H groups in total. The molecule has 14 heavy (non-hydrogen) atoms. The van der Waals surface area contributed by atoms with E-state index in [1.54, 1.807) is 0 Å². The van der Waals surface area contributed by atoms with Crippen LogP contribution in [0.25, 0.3) is 0 Å². The van der Waals surface area contributed by atoms with Crippen molar-refractivity contribution in [2.24, 2.45) is 4.99 Å². The molecule has 2 nitrogen and oxygen atoms in total. The van der Waals surface area contributed by atoms with Crippen molar-refractivity contribution < 1.29 is 0 Å². The van der Waals surface area contributed by atoms with Crippen LogP contribution in [-0.2, 0) is 0 Å². The van der Waals surface area contributed by atoms with Gasteiger partial charge in [0.25, 0.3) is 0 Å². The summed E-state index contributed by atoms with van der Waals surface area (Å²) >= 11 is 1.91. The molecule has 1 aliphatic rings. The van der Waals surface area contributed by atoms with E-state index in [1.165, 1.54) is 25.1 Å². The molecule has 0 atom stereocenters. The minimum atomic E-state index is 1.02. The lowest BCUT2D eigenvalue weighted by Crippen LogP contribution is -2.25. The van der Waals surface area contributed by atoms with Crippen LogP contribution in [0.1, 0.15) is 25.7 Å². The summed E-state index contributed by atoms with van der Waals surface area (Å²) in [6.07, 6.45) is 6.99. The van der Waals surface area contributed by atoms with Crippen molar-refractivity contribution in [1.82, 2.24) is 5.32 Å². The molecular weight excluding hydrogens is 192 g/mol. The third-order valence-corrected chi connectivity index (χ3v) is 3.15. The van der Waals surface area contributed by atoms with Gasteiger partial charge in [0.05, 0.1) is 5.84 Å². The van der Waals surface area contributed by atoms with Crippen molar-refractivity contribution in [3.63, 3.8) is 0 Å². The minimum Gasteiger partial charge on any atom is -0.373 e. The second kappa shape index (κ2) is 7.92. The van der Waals surface area contributed by atoms with Gasteiger partial charge in [-0.1, -0.05) is 12.5 Å². The van der Waals surface area contributed by atoms with Gasteiger partial charge in [-0.25, -0.2) is 0 Å². The zero-order chi connectivity index (χ0) is 10.1. The number of hydrogen-bond donors (Lipinski definition) is 1. The van der Waals surface area contributed by atoms with Crippen LogP contribution in [0.3, 0.4) is 0 Å². The normalized spacial score (nSPS) is 17.0. The second-order valence-electron chi connectivity index (χ2n) is 3.43. The van der Waals surface area contributed by atoms with E-state index >= 15 is 0 Å². The molecule has 80 valence electrons. The SMILES string of the molecule is C=CCSCCNC1=NCCCCC1. The fourth-order valence-corrected chi connectivity index (χ4v) is 2.03. The van der Waals surface area contributed by atoms with E-state index < -0.39 is 0 Å².